The smallest absolute Gasteiger partial charge is 0.00698 e. The van der Waals surface area contributed by atoms with Gasteiger partial charge in [0, 0.05) is 12.3 Å². The van der Waals surface area contributed by atoms with Gasteiger partial charge in [-0.25, -0.2) is 0 Å². The molecule has 72 valence electrons. The second-order valence-electron chi connectivity index (χ2n) is 4.15. The Bertz CT molecular complexity index is 117. The van der Waals surface area contributed by atoms with Gasteiger partial charge < -0.3 is 4.90 Å². The van der Waals surface area contributed by atoms with Crippen LogP contribution in [0.25, 0.3) is 0 Å². The summed E-state index contributed by atoms with van der Waals surface area (Å²) in [6.07, 6.45) is 2.79. The number of hydrogen-bond donors (Lipinski definition) is 1. The summed E-state index contributed by atoms with van der Waals surface area (Å²) in [4.78, 5) is 2.53. The maximum atomic E-state index is 4.25. The van der Waals surface area contributed by atoms with Crippen molar-refractivity contribution in [3.63, 3.8) is 0 Å². The largest absolute Gasteiger partial charge is 0.303 e. The van der Waals surface area contributed by atoms with Crippen LogP contribution in [0.5, 0.6) is 0 Å². The van der Waals surface area contributed by atoms with Gasteiger partial charge in [-0.3, -0.25) is 0 Å². The third-order valence-electron chi connectivity index (χ3n) is 2.99. The van der Waals surface area contributed by atoms with E-state index in [9.17, 15) is 0 Å². The molecule has 0 atom stereocenters. The molecule has 0 unspecified atom stereocenters. The van der Waals surface area contributed by atoms with E-state index in [1.807, 2.05) is 0 Å². The molecule has 0 radical (unpaired) electrons. The SMILES string of the molecule is CC(C)C1CCN(CCS)CC1. The third-order valence-corrected chi connectivity index (χ3v) is 3.19. The number of piperidine rings is 1. The van der Waals surface area contributed by atoms with E-state index < -0.39 is 0 Å². The quantitative estimate of drug-likeness (QED) is 0.663. The van der Waals surface area contributed by atoms with Crippen LogP contribution in [-0.4, -0.2) is 30.3 Å². The molecular formula is C10H21NS. The van der Waals surface area contributed by atoms with Gasteiger partial charge in [0.2, 0.25) is 0 Å². The van der Waals surface area contributed by atoms with Crippen LogP contribution in [0.2, 0.25) is 0 Å². The van der Waals surface area contributed by atoms with E-state index in [2.05, 4.69) is 31.4 Å². The van der Waals surface area contributed by atoms with E-state index in [0.29, 0.717) is 0 Å². The minimum atomic E-state index is 0.878. The lowest BCUT2D eigenvalue weighted by molar-refractivity contribution is 0.165. The van der Waals surface area contributed by atoms with Crippen LogP contribution >= 0.6 is 12.6 Å². The summed E-state index contributed by atoms with van der Waals surface area (Å²) in [6.45, 7) is 8.46. The van der Waals surface area contributed by atoms with Crippen molar-refractivity contribution >= 4 is 12.6 Å². The highest BCUT2D eigenvalue weighted by Crippen LogP contribution is 2.23. The Labute approximate surface area is 81.9 Å². The van der Waals surface area contributed by atoms with Crippen molar-refractivity contribution in [1.82, 2.24) is 4.90 Å². The Balaban J connectivity index is 2.20. The van der Waals surface area contributed by atoms with Crippen molar-refractivity contribution in [2.75, 3.05) is 25.4 Å². The molecule has 1 rings (SSSR count). The first-order chi connectivity index (χ1) is 5.74. The first-order valence-corrected chi connectivity index (χ1v) is 5.70. The number of nitrogens with zero attached hydrogens (tertiary/aromatic N) is 1. The first-order valence-electron chi connectivity index (χ1n) is 5.07. The van der Waals surface area contributed by atoms with E-state index in [-0.39, 0.29) is 0 Å². The summed E-state index contributed by atoms with van der Waals surface area (Å²) in [7, 11) is 0. The van der Waals surface area contributed by atoms with E-state index in [1.165, 1.54) is 32.5 Å². The van der Waals surface area contributed by atoms with Gasteiger partial charge in [-0.2, -0.15) is 12.6 Å². The molecule has 0 spiro atoms. The molecule has 1 fully saturated rings. The summed E-state index contributed by atoms with van der Waals surface area (Å²) >= 11 is 4.25. The van der Waals surface area contributed by atoms with Crippen LogP contribution in [0.1, 0.15) is 26.7 Å². The fourth-order valence-electron chi connectivity index (χ4n) is 1.98. The van der Waals surface area contributed by atoms with Crippen molar-refractivity contribution in [3.05, 3.63) is 0 Å². The molecule has 0 aromatic heterocycles. The number of rotatable bonds is 3. The van der Waals surface area contributed by atoms with Crippen LogP contribution in [0.3, 0.4) is 0 Å². The second kappa shape index (κ2) is 5.13. The molecule has 2 heteroatoms. The van der Waals surface area contributed by atoms with Crippen molar-refractivity contribution in [2.24, 2.45) is 11.8 Å². The van der Waals surface area contributed by atoms with Gasteiger partial charge in [0.25, 0.3) is 0 Å². The highest BCUT2D eigenvalue weighted by Gasteiger charge is 2.20. The molecule has 1 saturated heterocycles. The average molecular weight is 187 g/mol. The van der Waals surface area contributed by atoms with Crippen LogP contribution in [0.4, 0.5) is 0 Å². The van der Waals surface area contributed by atoms with E-state index in [0.717, 1.165) is 17.6 Å². The van der Waals surface area contributed by atoms with Crippen LogP contribution < -0.4 is 0 Å². The predicted molar refractivity (Wildman–Crippen MR) is 57.9 cm³/mol. The zero-order valence-corrected chi connectivity index (χ0v) is 9.19. The first kappa shape index (κ1) is 10.4. The minimum Gasteiger partial charge on any atom is -0.303 e. The van der Waals surface area contributed by atoms with E-state index >= 15 is 0 Å². The van der Waals surface area contributed by atoms with Gasteiger partial charge in [-0.1, -0.05) is 13.8 Å². The summed E-state index contributed by atoms with van der Waals surface area (Å²) in [5.41, 5.74) is 0. The van der Waals surface area contributed by atoms with Crippen LogP contribution in [0.15, 0.2) is 0 Å². The maximum Gasteiger partial charge on any atom is 0.00698 e. The lowest BCUT2D eigenvalue weighted by Gasteiger charge is -2.33. The van der Waals surface area contributed by atoms with Gasteiger partial charge in [-0.05, 0) is 37.8 Å². The topological polar surface area (TPSA) is 3.24 Å². The molecule has 0 N–H and O–H groups in total. The Hall–Kier alpha value is 0.310. The highest BCUT2D eigenvalue weighted by molar-refractivity contribution is 7.80. The predicted octanol–water partition coefficient (Wildman–Crippen LogP) is 2.28. The molecule has 0 saturated carbocycles. The average Bonchev–Trinajstić information content (AvgIpc) is 2.06. The molecule has 0 amide bonds. The summed E-state index contributed by atoms with van der Waals surface area (Å²) in [5.74, 6) is 2.86. The molecule has 1 aliphatic heterocycles. The van der Waals surface area contributed by atoms with E-state index in [1.54, 1.807) is 0 Å². The van der Waals surface area contributed by atoms with E-state index in [4.69, 9.17) is 0 Å². The standard InChI is InChI=1S/C10H21NS/c1-9(2)10-3-5-11(6-4-10)7-8-12/h9-10,12H,3-8H2,1-2H3. The summed E-state index contributed by atoms with van der Waals surface area (Å²) < 4.78 is 0. The van der Waals surface area contributed by atoms with Gasteiger partial charge in [0.15, 0.2) is 0 Å². The second-order valence-corrected chi connectivity index (χ2v) is 4.59. The molecule has 0 aliphatic carbocycles. The minimum absolute atomic E-state index is 0.878. The van der Waals surface area contributed by atoms with Gasteiger partial charge in [0.1, 0.15) is 0 Å². The van der Waals surface area contributed by atoms with Crippen molar-refractivity contribution in [3.8, 4) is 0 Å². The summed E-state index contributed by atoms with van der Waals surface area (Å²) in [6, 6.07) is 0. The van der Waals surface area contributed by atoms with Crippen LogP contribution in [-0.2, 0) is 0 Å². The molecule has 0 aromatic rings. The fraction of sp³-hybridized carbons (Fsp3) is 1.00. The third kappa shape index (κ3) is 2.98. The molecular weight excluding hydrogens is 166 g/mol. The Morgan fingerprint density at radius 1 is 1.33 bits per heavy atom. The normalized spacial score (nSPS) is 22.0. The van der Waals surface area contributed by atoms with Gasteiger partial charge in [0.05, 0.1) is 0 Å². The zero-order valence-electron chi connectivity index (χ0n) is 8.29. The molecule has 1 heterocycles. The zero-order chi connectivity index (χ0) is 8.97. The monoisotopic (exact) mass is 187 g/mol. The maximum absolute atomic E-state index is 4.25. The Morgan fingerprint density at radius 3 is 2.33 bits per heavy atom. The van der Waals surface area contributed by atoms with Gasteiger partial charge in [-0.15, -0.1) is 0 Å². The summed E-state index contributed by atoms with van der Waals surface area (Å²) in [5, 5.41) is 0. The lowest BCUT2D eigenvalue weighted by atomic mass is 9.87. The highest BCUT2D eigenvalue weighted by atomic mass is 32.1. The van der Waals surface area contributed by atoms with Crippen molar-refractivity contribution < 1.29 is 0 Å². The van der Waals surface area contributed by atoms with Gasteiger partial charge >= 0.3 is 0 Å². The number of thiol groups is 1. The Kier molecular flexibility index (Phi) is 4.44. The number of hydrogen-bond acceptors (Lipinski definition) is 2. The molecule has 0 bridgehead atoms. The Morgan fingerprint density at radius 2 is 1.92 bits per heavy atom. The molecule has 0 aromatic carbocycles. The molecule has 12 heavy (non-hydrogen) atoms. The molecule has 1 aliphatic rings. The molecule has 1 nitrogen and oxygen atoms in total. The van der Waals surface area contributed by atoms with Crippen molar-refractivity contribution in [2.45, 2.75) is 26.7 Å². The lowest BCUT2D eigenvalue weighted by Crippen LogP contribution is -2.36. The van der Waals surface area contributed by atoms with Crippen LogP contribution in [0, 0.1) is 11.8 Å². The van der Waals surface area contributed by atoms with Crippen molar-refractivity contribution in [1.29, 1.82) is 0 Å². The number of likely N-dealkylation sites (tertiary alicyclic amines) is 1. The fourth-order valence-corrected chi connectivity index (χ4v) is 2.27.